The number of hydrogen-bond acceptors (Lipinski definition) is 1. The Bertz CT molecular complexity index is 251. The minimum absolute atomic E-state index is 0.705. The second-order valence-corrected chi connectivity index (χ2v) is 5.27. The normalized spacial score (nSPS) is 16.0. The summed E-state index contributed by atoms with van der Waals surface area (Å²) in [7, 11) is 0. The zero-order valence-electron chi connectivity index (χ0n) is 11.2. The van der Waals surface area contributed by atoms with Crippen molar-refractivity contribution in [2.45, 2.75) is 65.4 Å². The van der Waals surface area contributed by atoms with Crippen molar-refractivity contribution in [1.29, 1.82) is 0 Å². The summed E-state index contributed by atoms with van der Waals surface area (Å²) >= 11 is 0. The number of allylic oxidation sites excluding steroid dienone is 2. The molecule has 0 radical (unpaired) electrons. The maximum absolute atomic E-state index is 9.64. The molecule has 0 heterocycles. The Labute approximate surface area is 101 Å². The lowest BCUT2D eigenvalue weighted by Crippen LogP contribution is -2.20. The molecule has 0 bridgehead atoms. The maximum Gasteiger partial charge on any atom is 0.122 e. The Morgan fingerprint density at radius 3 is 2.56 bits per heavy atom. The SMILES string of the molecule is C#CC(C)(O)CCCC(C)CCC=C(C)C. The number of hydrogen-bond donors (Lipinski definition) is 1. The van der Waals surface area contributed by atoms with Crippen LogP contribution in [-0.4, -0.2) is 10.7 Å². The number of aliphatic hydroxyl groups is 1. The highest BCUT2D eigenvalue weighted by Gasteiger charge is 2.15. The molecule has 0 rings (SSSR count). The van der Waals surface area contributed by atoms with Gasteiger partial charge in [-0.05, 0) is 52.4 Å². The van der Waals surface area contributed by atoms with Crippen LogP contribution in [0.2, 0.25) is 0 Å². The molecule has 0 aliphatic heterocycles. The third-order valence-electron chi connectivity index (χ3n) is 2.88. The summed E-state index contributed by atoms with van der Waals surface area (Å²) in [5.74, 6) is 3.13. The van der Waals surface area contributed by atoms with Crippen LogP contribution in [0.3, 0.4) is 0 Å². The van der Waals surface area contributed by atoms with E-state index in [0.717, 1.165) is 19.3 Å². The van der Waals surface area contributed by atoms with Gasteiger partial charge in [0.1, 0.15) is 5.60 Å². The van der Waals surface area contributed by atoms with Gasteiger partial charge in [-0.1, -0.05) is 30.9 Å². The molecule has 2 unspecified atom stereocenters. The molecule has 2 atom stereocenters. The van der Waals surface area contributed by atoms with E-state index >= 15 is 0 Å². The van der Waals surface area contributed by atoms with E-state index < -0.39 is 5.60 Å². The highest BCUT2D eigenvalue weighted by atomic mass is 16.3. The predicted octanol–water partition coefficient (Wildman–Crippen LogP) is 3.92. The smallest absolute Gasteiger partial charge is 0.122 e. The topological polar surface area (TPSA) is 20.2 Å². The average Bonchev–Trinajstić information content (AvgIpc) is 2.17. The van der Waals surface area contributed by atoms with E-state index in [1.165, 1.54) is 12.0 Å². The van der Waals surface area contributed by atoms with Crippen LogP contribution in [-0.2, 0) is 0 Å². The van der Waals surface area contributed by atoms with Crippen LogP contribution in [0.5, 0.6) is 0 Å². The molecule has 0 aliphatic carbocycles. The van der Waals surface area contributed by atoms with E-state index in [2.05, 4.69) is 32.8 Å². The Morgan fingerprint density at radius 2 is 2.06 bits per heavy atom. The van der Waals surface area contributed by atoms with E-state index in [4.69, 9.17) is 6.42 Å². The molecule has 16 heavy (non-hydrogen) atoms. The van der Waals surface area contributed by atoms with E-state index in [-0.39, 0.29) is 0 Å². The van der Waals surface area contributed by atoms with Crippen molar-refractivity contribution in [3.05, 3.63) is 11.6 Å². The quantitative estimate of drug-likeness (QED) is 0.511. The predicted molar refractivity (Wildman–Crippen MR) is 71.1 cm³/mol. The van der Waals surface area contributed by atoms with Gasteiger partial charge in [-0.15, -0.1) is 6.42 Å². The van der Waals surface area contributed by atoms with Gasteiger partial charge in [-0.25, -0.2) is 0 Å². The largest absolute Gasteiger partial charge is 0.378 e. The summed E-state index contributed by atoms with van der Waals surface area (Å²) in [6.45, 7) is 8.24. The van der Waals surface area contributed by atoms with Crippen LogP contribution in [0, 0.1) is 18.3 Å². The van der Waals surface area contributed by atoms with Gasteiger partial charge in [0, 0.05) is 0 Å². The third kappa shape index (κ3) is 8.56. The lowest BCUT2D eigenvalue weighted by molar-refractivity contribution is 0.107. The second kappa shape index (κ2) is 7.52. The molecule has 1 nitrogen and oxygen atoms in total. The Balaban J connectivity index is 3.63. The van der Waals surface area contributed by atoms with Crippen molar-refractivity contribution in [3.63, 3.8) is 0 Å². The minimum atomic E-state index is -0.917. The molecule has 1 heteroatoms. The summed E-state index contributed by atoms with van der Waals surface area (Å²) in [6.07, 6.45) is 12.8. The molecule has 0 aromatic heterocycles. The third-order valence-corrected chi connectivity index (χ3v) is 2.88. The molecule has 0 aliphatic rings. The molecule has 0 aromatic rings. The van der Waals surface area contributed by atoms with E-state index in [9.17, 15) is 5.11 Å². The lowest BCUT2D eigenvalue weighted by Gasteiger charge is -2.17. The molecule has 1 N–H and O–H groups in total. The Morgan fingerprint density at radius 1 is 1.44 bits per heavy atom. The van der Waals surface area contributed by atoms with Gasteiger partial charge in [0.25, 0.3) is 0 Å². The van der Waals surface area contributed by atoms with Crippen molar-refractivity contribution in [1.82, 2.24) is 0 Å². The second-order valence-electron chi connectivity index (χ2n) is 5.27. The van der Waals surface area contributed by atoms with Crippen LogP contribution in [0.25, 0.3) is 0 Å². The minimum Gasteiger partial charge on any atom is -0.378 e. The van der Waals surface area contributed by atoms with Crippen LogP contribution in [0.4, 0.5) is 0 Å². The van der Waals surface area contributed by atoms with Gasteiger partial charge in [-0.2, -0.15) is 0 Å². The van der Waals surface area contributed by atoms with Gasteiger partial charge in [0.15, 0.2) is 0 Å². The maximum atomic E-state index is 9.64. The summed E-state index contributed by atoms with van der Waals surface area (Å²) in [6, 6.07) is 0. The number of terminal acetylenes is 1. The van der Waals surface area contributed by atoms with Crippen LogP contribution in [0.15, 0.2) is 11.6 Å². The summed E-state index contributed by atoms with van der Waals surface area (Å²) < 4.78 is 0. The van der Waals surface area contributed by atoms with Crippen molar-refractivity contribution < 1.29 is 5.11 Å². The molecule has 0 fully saturated rings. The molecule has 0 saturated carbocycles. The molecule has 0 saturated heterocycles. The van der Waals surface area contributed by atoms with E-state index in [0.29, 0.717) is 12.3 Å². The van der Waals surface area contributed by atoms with Gasteiger partial charge in [0.05, 0.1) is 0 Å². The summed E-state index contributed by atoms with van der Waals surface area (Å²) in [5, 5.41) is 9.64. The zero-order valence-corrected chi connectivity index (χ0v) is 11.2. The molecular weight excluding hydrogens is 196 g/mol. The highest BCUT2D eigenvalue weighted by molar-refractivity contribution is 5.03. The first kappa shape index (κ1) is 15.3. The van der Waals surface area contributed by atoms with Gasteiger partial charge >= 0.3 is 0 Å². The first-order valence-electron chi connectivity index (χ1n) is 6.21. The van der Waals surface area contributed by atoms with Crippen molar-refractivity contribution in [3.8, 4) is 12.3 Å². The first-order valence-corrected chi connectivity index (χ1v) is 6.21. The fraction of sp³-hybridized carbons (Fsp3) is 0.733. The molecule has 0 aromatic carbocycles. The summed E-state index contributed by atoms with van der Waals surface area (Å²) in [5.41, 5.74) is 0.474. The van der Waals surface area contributed by atoms with Crippen molar-refractivity contribution >= 4 is 0 Å². The molecule has 0 amide bonds. The monoisotopic (exact) mass is 222 g/mol. The van der Waals surface area contributed by atoms with E-state index in [1.807, 2.05) is 0 Å². The van der Waals surface area contributed by atoms with Gasteiger partial charge in [-0.3, -0.25) is 0 Å². The van der Waals surface area contributed by atoms with Crippen LogP contribution < -0.4 is 0 Å². The fourth-order valence-corrected chi connectivity index (χ4v) is 1.67. The van der Waals surface area contributed by atoms with Gasteiger partial charge < -0.3 is 5.11 Å². The van der Waals surface area contributed by atoms with Crippen molar-refractivity contribution in [2.75, 3.05) is 0 Å². The Kier molecular flexibility index (Phi) is 7.17. The molecular formula is C15H26O. The lowest BCUT2D eigenvalue weighted by atomic mass is 9.93. The van der Waals surface area contributed by atoms with Crippen LogP contribution in [0.1, 0.15) is 59.8 Å². The zero-order chi connectivity index (χ0) is 12.6. The standard InChI is InChI=1S/C15H26O/c1-6-15(5,16)12-8-11-14(4)10-7-9-13(2)3/h1,9,14,16H,7-8,10-12H2,2-5H3. The average molecular weight is 222 g/mol. The Hall–Kier alpha value is -0.740. The van der Waals surface area contributed by atoms with Crippen LogP contribution >= 0.6 is 0 Å². The van der Waals surface area contributed by atoms with E-state index in [1.54, 1.807) is 6.92 Å². The van der Waals surface area contributed by atoms with Gasteiger partial charge in [0.2, 0.25) is 0 Å². The highest BCUT2D eigenvalue weighted by Crippen LogP contribution is 2.19. The molecule has 92 valence electrons. The molecule has 0 spiro atoms. The fourth-order valence-electron chi connectivity index (χ4n) is 1.67. The van der Waals surface area contributed by atoms with Crippen molar-refractivity contribution in [2.24, 2.45) is 5.92 Å². The summed E-state index contributed by atoms with van der Waals surface area (Å²) in [4.78, 5) is 0. The number of rotatable bonds is 7. The first-order chi connectivity index (χ1) is 7.37.